The SMILES string of the molecule is Cc1ccc2c(c1)C=CC2c1ccc(-c2ccccc2)c(Br)c1. The van der Waals surface area contributed by atoms with Gasteiger partial charge in [-0.25, -0.2) is 0 Å². The molecule has 0 N–H and O–H groups in total. The minimum atomic E-state index is 0.353. The average Bonchev–Trinajstić information content (AvgIpc) is 2.98. The summed E-state index contributed by atoms with van der Waals surface area (Å²) in [4.78, 5) is 0. The van der Waals surface area contributed by atoms with Gasteiger partial charge in [0.15, 0.2) is 0 Å². The fraction of sp³-hybridized carbons (Fsp3) is 0.0909. The second kappa shape index (κ2) is 5.82. The van der Waals surface area contributed by atoms with Crippen molar-refractivity contribution in [3.05, 3.63) is 99.5 Å². The van der Waals surface area contributed by atoms with Crippen molar-refractivity contribution < 1.29 is 0 Å². The normalized spacial score (nSPS) is 15.7. The van der Waals surface area contributed by atoms with E-state index in [4.69, 9.17) is 0 Å². The zero-order valence-corrected chi connectivity index (χ0v) is 14.5. The second-order valence-electron chi connectivity index (χ2n) is 6.07. The van der Waals surface area contributed by atoms with E-state index < -0.39 is 0 Å². The maximum atomic E-state index is 3.76. The molecule has 0 saturated heterocycles. The Labute approximate surface area is 145 Å². The summed E-state index contributed by atoms with van der Waals surface area (Å²) in [6.45, 7) is 2.15. The highest BCUT2D eigenvalue weighted by Gasteiger charge is 2.19. The van der Waals surface area contributed by atoms with E-state index in [0.29, 0.717) is 5.92 Å². The zero-order valence-electron chi connectivity index (χ0n) is 13.0. The number of hydrogen-bond acceptors (Lipinski definition) is 0. The summed E-state index contributed by atoms with van der Waals surface area (Å²) >= 11 is 3.76. The number of hydrogen-bond donors (Lipinski definition) is 0. The summed E-state index contributed by atoms with van der Waals surface area (Å²) in [6, 6.07) is 23.9. The number of halogens is 1. The van der Waals surface area contributed by atoms with Crippen molar-refractivity contribution in [2.75, 3.05) is 0 Å². The van der Waals surface area contributed by atoms with Crippen LogP contribution in [0.2, 0.25) is 0 Å². The largest absolute Gasteiger partial charge is 0.0720 e. The summed E-state index contributed by atoms with van der Waals surface area (Å²) in [5, 5.41) is 0. The van der Waals surface area contributed by atoms with Gasteiger partial charge in [-0.1, -0.05) is 94.3 Å². The molecule has 112 valence electrons. The second-order valence-corrected chi connectivity index (χ2v) is 6.93. The Morgan fingerprint density at radius 1 is 0.870 bits per heavy atom. The molecular formula is C22H17Br. The van der Waals surface area contributed by atoms with Gasteiger partial charge in [-0.15, -0.1) is 0 Å². The van der Waals surface area contributed by atoms with E-state index in [1.807, 2.05) is 6.07 Å². The number of aryl methyl sites for hydroxylation is 1. The van der Waals surface area contributed by atoms with Gasteiger partial charge in [0.1, 0.15) is 0 Å². The molecule has 1 unspecified atom stereocenters. The van der Waals surface area contributed by atoms with Crippen molar-refractivity contribution in [1.82, 2.24) is 0 Å². The maximum Gasteiger partial charge on any atom is 0.0279 e. The topological polar surface area (TPSA) is 0 Å². The van der Waals surface area contributed by atoms with Crippen LogP contribution in [0.3, 0.4) is 0 Å². The van der Waals surface area contributed by atoms with E-state index in [1.54, 1.807) is 0 Å². The first kappa shape index (κ1) is 14.5. The summed E-state index contributed by atoms with van der Waals surface area (Å²) in [6.07, 6.45) is 4.54. The van der Waals surface area contributed by atoms with Gasteiger partial charge in [0, 0.05) is 10.4 Å². The third-order valence-electron chi connectivity index (χ3n) is 4.48. The molecule has 1 aliphatic carbocycles. The Bertz CT molecular complexity index is 891. The highest BCUT2D eigenvalue weighted by atomic mass is 79.9. The highest BCUT2D eigenvalue weighted by molar-refractivity contribution is 9.10. The molecule has 3 aromatic carbocycles. The van der Waals surface area contributed by atoms with Crippen molar-refractivity contribution in [3.63, 3.8) is 0 Å². The lowest BCUT2D eigenvalue weighted by atomic mass is 9.91. The predicted octanol–water partition coefficient (Wildman–Crippen LogP) is 6.58. The smallest absolute Gasteiger partial charge is 0.0279 e. The van der Waals surface area contributed by atoms with Crippen LogP contribution in [0.5, 0.6) is 0 Å². The van der Waals surface area contributed by atoms with Crippen LogP contribution >= 0.6 is 15.9 Å². The average molecular weight is 361 g/mol. The minimum absolute atomic E-state index is 0.353. The summed E-state index contributed by atoms with van der Waals surface area (Å²) in [7, 11) is 0. The Morgan fingerprint density at radius 2 is 1.70 bits per heavy atom. The van der Waals surface area contributed by atoms with Crippen LogP contribution in [-0.2, 0) is 0 Å². The molecule has 0 spiro atoms. The molecule has 0 aromatic heterocycles. The van der Waals surface area contributed by atoms with Crippen molar-refractivity contribution >= 4 is 22.0 Å². The summed E-state index contributed by atoms with van der Waals surface area (Å²) < 4.78 is 1.15. The quantitative estimate of drug-likeness (QED) is 0.483. The molecule has 3 aromatic rings. The molecule has 4 rings (SSSR count). The number of allylic oxidation sites excluding steroid dienone is 1. The van der Waals surface area contributed by atoms with Crippen molar-refractivity contribution in [2.24, 2.45) is 0 Å². The van der Waals surface area contributed by atoms with Crippen molar-refractivity contribution in [2.45, 2.75) is 12.8 Å². The van der Waals surface area contributed by atoms with Crippen molar-refractivity contribution in [3.8, 4) is 11.1 Å². The van der Waals surface area contributed by atoms with Crippen molar-refractivity contribution in [1.29, 1.82) is 0 Å². The summed E-state index contributed by atoms with van der Waals surface area (Å²) in [5.74, 6) is 0.353. The first-order valence-electron chi connectivity index (χ1n) is 7.86. The van der Waals surface area contributed by atoms with E-state index in [0.717, 1.165) is 4.47 Å². The number of rotatable bonds is 2. The van der Waals surface area contributed by atoms with Crippen LogP contribution in [0.1, 0.15) is 28.2 Å². The monoisotopic (exact) mass is 360 g/mol. The molecule has 1 atom stereocenters. The molecule has 0 aliphatic heterocycles. The zero-order chi connectivity index (χ0) is 15.8. The summed E-state index contributed by atoms with van der Waals surface area (Å²) in [5.41, 5.74) is 7.86. The Balaban J connectivity index is 1.73. The molecule has 0 saturated carbocycles. The van der Waals surface area contributed by atoms with Crippen LogP contribution in [0.4, 0.5) is 0 Å². The fourth-order valence-corrected chi connectivity index (χ4v) is 3.92. The third kappa shape index (κ3) is 2.66. The highest BCUT2D eigenvalue weighted by Crippen LogP contribution is 2.38. The van der Waals surface area contributed by atoms with Gasteiger partial charge < -0.3 is 0 Å². The Morgan fingerprint density at radius 3 is 2.48 bits per heavy atom. The lowest BCUT2D eigenvalue weighted by Gasteiger charge is -2.14. The number of fused-ring (bicyclic) bond motifs is 1. The molecule has 0 nitrogen and oxygen atoms in total. The Hall–Kier alpha value is -2.12. The van der Waals surface area contributed by atoms with Gasteiger partial charge in [0.2, 0.25) is 0 Å². The van der Waals surface area contributed by atoms with Gasteiger partial charge in [0.25, 0.3) is 0 Å². The van der Waals surface area contributed by atoms with Crippen LogP contribution in [-0.4, -0.2) is 0 Å². The molecular weight excluding hydrogens is 344 g/mol. The van der Waals surface area contributed by atoms with Gasteiger partial charge in [0.05, 0.1) is 0 Å². The lowest BCUT2D eigenvalue weighted by molar-refractivity contribution is 1.05. The molecule has 0 heterocycles. The van der Waals surface area contributed by atoms with Gasteiger partial charge >= 0.3 is 0 Å². The van der Waals surface area contributed by atoms with E-state index in [-0.39, 0.29) is 0 Å². The van der Waals surface area contributed by atoms with E-state index >= 15 is 0 Å². The third-order valence-corrected chi connectivity index (χ3v) is 5.14. The first-order chi connectivity index (χ1) is 11.2. The molecule has 0 fully saturated rings. The molecule has 0 radical (unpaired) electrons. The molecule has 23 heavy (non-hydrogen) atoms. The standard InChI is InChI=1S/C22H17Br/c1-15-7-10-19-17(13-15)8-11-20(19)18-9-12-21(22(23)14-18)16-5-3-2-4-6-16/h2-14,20H,1H3. The molecule has 0 bridgehead atoms. The van der Waals surface area contributed by atoms with Crippen LogP contribution in [0, 0.1) is 6.92 Å². The van der Waals surface area contributed by atoms with E-state index in [9.17, 15) is 0 Å². The van der Waals surface area contributed by atoms with Crippen LogP contribution in [0.25, 0.3) is 17.2 Å². The predicted molar refractivity (Wildman–Crippen MR) is 102 cm³/mol. The van der Waals surface area contributed by atoms with E-state index in [2.05, 4.69) is 95.7 Å². The number of benzene rings is 3. The first-order valence-corrected chi connectivity index (χ1v) is 8.65. The van der Waals surface area contributed by atoms with Gasteiger partial charge in [-0.05, 0) is 40.8 Å². The maximum absolute atomic E-state index is 3.76. The molecule has 0 amide bonds. The fourth-order valence-electron chi connectivity index (χ4n) is 3.29. The molecule has 1 heteroatoms. The van der Waals surface area contributed by atoms with Crippen LogP contribution < -0.4 is 0 Å². The van der Waals surface area contributed by atoms with Gasteiger partial charge in [-0.2, -0.15) is 0 Å². The van der Waals surface area contributed by atoms with Gasteiger partial charge in [-0.3, -0.25) is 0 Å². The molecule has 1 aliphatic rings. The van der Waals surface area contributed by atoms with E-state index in [1.165, 1.54) is 33.4 Å². The Kier molecular flexibility index (Phi) is 3.66. The minimum Gasteiger partial charge on any atom is -0.0720 e. The van der Waals surface area contributed by atoms with Crippen LogP contribution in [0.15, 0.2) is 77.3 Å². The lowest BCUT2D eigenvalue weighted by Crippen LogP contribution is -1.96.